The molecule has 1 aromatic carbocycles. The zero-order valence-corrected chi connectivity index (χ0v) is 17.6. The van der Waals surface area contributed by atoms with E-state index in [2.05, 4.69) is 16.8 Å². The number of nitriles is 1. The summed E-state index contributed by atoms with van der Waals surface area (Å²) in [5, 5.41) is 12.1. The molecule has 0 saturated carbocycles. The van der Waals surface area contributed by atoms with Crippen LogP contribution < -0.4 is 5.32 Å². The summed E-state index contributed by atoms with van der Waals surface area (Å²) in [5.41, 5.74) is 4.32. The Bertz CT molecular complexity index is 980. The van der Waals surface area contributed by atoms with Crippen LogP contribution in [0.5, 0.6) is 0 Å². The Labute approximate surface area is 171 Å². The predicted molar refractivity (Wildman–Crippen MR) is 113 cm³/mol. The first-order chi connectivity index (χ1) is 13.8. The van der Waals surface area contributed by atoms with E-state index in [0.717, 1.165) is 35.5 Å². The van der Waals surface area contributed by atoms with Gasteiger partial charge in [0.2, 0.25) is 0 Å². The summed E-state index contributed by atoms with van der Waals surface area (Å²) < 4.78 is 7.36. The number of nitrogens with one attached hydrogen (secondary N) is 1. The number of carbonyl (C=O) groups is 2. The van der Waals surface area contributed by atoms with Gasteiger partial charge >= 0.3 is 5.97 Å². The molecule has 0 spiro atoms. The number of rotatable bonds is 7. The zero-order valence-electron chi connectivity index (χ0n) is 17.6. The third-order valence-corrected chi connectivity index (χ3v) is 4.64. The quantitative estimate of drug-likeness (QED) is 0.432. The van der Waals surface area contributed by atoms with Gasteiger partial charge in [-0.05, 0) is 69.5 Å². The normalized spacial score (nSPS) is 12.2. The summed E-state index contributed by atoms with van der Waals surface area (Å²) in [6.45, 7) is 10.3. The van der Waals surface area contributed by atoms with Gasteiger partial charge in [0.15, 0.2) is 6.10 Å². The summed E-state index contributed by atoms with van der Waals surface area (Å²) >= 11 is 0. The van der Waals surface area contributed by atoms with E-state index in [9.17, 15) is 14.9 Å². The second kappa shape index (κ2) is 9.74. The Kier molecular flexibility index (Phi) is 7.38. The lowest BCUT2D eigenvalue weighted by molar-refractivity contribution is -0.148. The maximum absolute atomic E-state index is 12.4. The van der Waals surface area contributed by atoms with E-state index in [1.807, 2.05) is 51.1 Å². The molecule has 0 bridgehead atoms. The van der Waals surface area contributed by atoms with E-state index in [1.54, 1.807) is 6.07 Å². The van der Waals surface area contributed by atoms with Crippen LogP contribution in [0.15, 0.2) is 35.9 Å². The smallest absolute Gasteiger partial charge is 0.349 e. The number of hydrogen-bond donors (Lipinski definition) is 1. The van der Waals surface area contributed by atoms with Gasteiger partial charge < -0.3 is 14.6 Å². The van der Waals surface area contributed by atoms with Gasteiger partial charge in [-0.25, -0.2) is 4.79 Å². The van der Waals surface area contributed by atoms with Crippen molar-refractivity contribution in [3.05, 3.63) is 58.4 Å². The topological polar surface area (TPSA) is 84.1 Å². The van der Waals surface area contributed by atoms with Gasteiger partial charge in [-0.15, -0.1) is 0 Å². The molecule has 2 aromatic rings. The number of nitrogens with zero attached hydrogens (tertiary/aromatic N) is 2. The van der Waals surface area contributed by atoms with Crippen LogP contribution in [-0.4, -0.2) is 22.5 Å². The van der Waals surface area contributed by atoms with Crippen molar-refractivity contribution >= 4 is 23.6 Å². The SMILES string of the molecule is CCCn1c(C)cc(/C=C(\C#N)C(=O)OC(C)C(=O)Nc2cccc(C)c2)c1C. The maximum atomic E-state index is 12.4. The van der Waals surface area contributed by atoms with Crippen LogP contribution in [0.4, 0.5) is 5.69 Å². The number of amides is 1. The first-order valence-electron chi connectivity index (χ1n) is 9.63. The van der Waals surface area contributed by atoms with Crippen molar-refractivity contribution in [3.8, 4) is 6.07 Å². The van der Waals surface area contributed by atoms with Gasteiger partial charge in [0, 0.05) is 23.6 Å². The van der Waals surface area contributed by atoms with Crippen LogP contribution in [0.1, 0.15) is 42.8 Å². The fourth-order valence-electron chi connectivity index (χ4n) is 3.08. The van der Waals surface area contributed by atoms with Crippen LogP contribution in [0.3, 0.4) is 0 Å². The number of ether oxygens (including phenoxy) is 1. The van der Waals surface area contributed by atoms with Gasteiger partial charge in [-0.1, -0.05) is 19.1 Å². The average Bonchev–Trinajstić information content (AvgIpc) is 2.93. The summed E-state index contributed by atoms with van der Waals surface area (Å²) in [5.74, 6) is -1.28. The lowest BCUT2D eigenvalue weighted by Gasteiger charge is -2.13. The highest BCUT2D eigenvalue weighted by atomic mass is 16.5. The molecule has 1 unspecified atom stereocenters. The van der Waals surface area contributed by atoms with Gasteiger partial charge in [-0.2, -0.15) is 5.26 Å². The zero-order chi connectivity index (χ0) is 21.6. The van der Waals surface area contributed by atoms with Crippen LogP contribution in [-0.2, 0) is 20.9 Å². The molecule has 6 heteroatoms. The van der Waals surface area contributed by atoms with Crippen LogP contribution >= 0.6 is 0 Å². The average molecular weight is 393 g/mol. The second-order valence-electron chi connectivity index (χ2n) is 7.05. The van der Waals surface area contributed by atoms with Gasteiger partial charge in [-0.3, -0.25) is 4.79 Å². The number of aryl methyl sites for hydroxylation is 2. The minimum absolute atomic E-state index is 0.142. The number of hydrogen-bond acceptors (Lipinski definition) is 4. The van der Waals surface area contributed by atoms with Gasteiger partial charge in [0.05, 0.1) is 0 Å². The molecule has 0 aliphatic heterocycles. The molecule has 152 valence electrons. The summed E-state index contributed by atoms with van der Waals surface area (Å²) in [4.78, 5) is 24.7. The molecular weight excluding hydrogens is 366 g/mol. The Hall–Kier alpha value is -3.33. The number of carbonyl (C=O) groups excluding carboxylic acids is 2. The minimum Gasteiger partial charge on any atom is -0.448 e. The van der Waals surface area contributed by atoms with E-state index in [1.165, 1.54) is 13.0 Å². The first-order valence-corrected chi connectivity index (χ1v) is 9.63. The van der Waals surface area contributed by atoms with Crippen molar-refractivity contribution in [3.63, 3.8) is 0 Å². The molecule has 29 heavy (non-hydrogen) atoms. The molecule has 1 aromatic heterocycles. The van der Waals surface area contributed by atoms with Crippen molar-refractivity contribution in [2.24, 2.45) is 0 Å². The molecule has 1 N–H and O–H groups in total. The summed E-state index contributed by atoms with van der Waals surface area (Å²) in [6.07, 6.45) is 1.47. The molecule has 2 rings (SSSR count). The van der Waals surface area contributed by atoms with E-state index in [4.69, 9.17) is 4.74 Å². The fourth-order valence-corrected chi connectivity index (χ4v) is 3.08. The highest BCUT2D eigenvalue weighted by Gasteiger charge is 2.21. The third kappa shape index (κ3) is 5.58. The number of esters is 1. The van der Waals surface area contributed by atoms with Crippen LogP contribution in [0, 0.1) is 32.1 Å². The van der Waals surface area contributed by atoms with Crippen molar-refractivity contribution < 1.29 is 14.3 Å². The molecule has 1 amide bonds. The molecule has 0 aliphatic carbocycles. The Morgan fingerprint density at radius 2 is 2.00 bits per heavy atom. The highest BCUT2D eigenvalue weighted by molar-refractivity contribution is 6.01. The van der Waals surface area contributed by atoms with E-state index < -0.39 is 18.0 Å². The molecule has 1 heterocycles. The number of anilines is 1. The lowest BCUT2D eigenvalue weighted by Crippen LogP contribution is -2.30. The van der Waals surface area contributed by atoms with Crippen molar-refractivity contribution in [2.45, 2.75) is 53.7 Å². The number of aromatic nitrogens is 1. The maximum Gasteiger partial charge on any atom is 0.349 e. The van der Waals surface area contributed by atoms with E-state index in [-0.39, 0.29) is 5.57 Å². The molecule has 1 atom stereocenters. The molecule has 6 nitrogen and oxygen atoms in total. The number of benzene rings is 1. The highest BCUT2D eigenvalue weighted by Crippen LogP contribution is 2.19. The second-order valence-corrected chi connectivity index (χ2v) is 7.05. The third-order valence-electron chi connectivity index (χ3n) is 4.64. The molecule has 0 radical (unpaired) electrons. The van der Waals surface area contributed by atoms with Crippen LogP contribution in [0.25, 0.3) is 6.08 Å². The van der Waals surface area contributed by atoms with Crippen molar-refractivity contribution in [1.29, 1.82) is 5.26 Å². The lowest BCUT2D eigenvalue weighted by atomic mass is 10.1. The molecular formula is C23H27N3O3. The Balaban J connectivity index is 2.11. The Morgan fingerprint density at radius 1 is 1.28 bits per heavy atom. The van der Waals surface area contributed by atoms with Crippen molar-refractivity contribution in [1.82, 2.24) is 4.57 Å². The van der Waals surface area contributed by atoms with Crippen molar-refractivity contribution in [2.75, 3.05) is 5.32 Å². The van der Waals surface area contributed by atoms with Gasteiger partial charge in [0.25, 0.3) is 5.91 Å². The standard InChI is InChI=1S/C23H27N3O3/c1-6-10-26-16(3)12-19(17(26)4)13-20(14-24)23(28)29-18(5)22(27)25-21-9-7-8-15(2)11-21/h7-9,11-13,18H,6,10H2,1-5H3,(H,25,27)/b20-13+. The first kappa shape index (κ1) is 22.0. The van der Waals surface area contributed by atoms with E-state index >= 15 is 0 Å². The fraction of sp³-hybridized carbons (Fsp3) is 0.348. The monoisotopic (exact) mass is 393 g/mol. The largest absolute Gasteiger partial charge is 0.448 e. The van der Waals surface area contributed by atoms with Crippen LogP contribution in [0.2, 0.25) is 0 Å². The molecule has 0 fully saturated rings. The molecule has 0 aliphatic rings. The predicted octanol–water partition coefficient (Wildman–Crippen LogP) is 4.30. The van der Waals surface area contributed by atoms with E-state index in [0.29, 0.717) is 5.69 Å². The summed E-state index contributed by atoms with van der Waals surface area (Å²) in [7, 11) is 0. The molecule has 0 saturated heterocycles. The van der Waals surface area contributed by atoms with Gasteiger partial charge in [0.1, 0.15) is 11.6 Å². The Morgan fingerprint density at radius 3 is 2.62 bits per heavy atom. The summed E-state index contributed by atoms with van der Waals surface area (Å²) in [6, 6.07) is 11.1. The minimum atomic E-state index is -1.03.